The van der Waals surface area contributed by atoms with Gasteiger partial charge in [-0.1, -0.05) is 39.0 Å². The second kappa shape index (κ2) is 5.72. The van der Waals surface area contributed by atoms with Gasteiger partial charge >= 0.3 is 0 Å². The molecule has 0 saturated heterocycles. The van der Waals surface area contributed by atoms with Gasteiger partial charge in [0.15, 0.2) is 0 Å². The molecule has 0 aromatic heterocycles. The first-order chi connectivity index (χ1) is 7.79. The van der Waals surface area contributed by atoms with Gasteiger partial charge in [0.25, 0.3) is 0 Å². The SMILES string of the molecule is Cc1cccc(C)c1CC(=O)CSC(C)(C)C. The maximum atomic E-state index is 11.9. The lowest BCUT2D eigenvalue weighted by Gasteiger charge is -2.17. The largest absolute Gasteiger partial charge is 0.298 e. The number of carbonyl (C=O) groups is 1. The van der Waals surface area contributed by atoms with Crippen molar-refractivity contribution >= 4 is 17.5 Å². The first-order valence-corrected chi connectivity index (χ1v) is 6.99. The Hall–Kier alpha value is -0.760. The van der Waals surface area contributed by atoms with Crippen LogP contribution < -0.4 is 0 Å². The van der Waals surface area contributed by atoms with Crippen LogP contribution in [0.15, 0.2) is 18.2 Å². The van der Waals surface area contributed by atoms with Gasteiger partial charge in [-0.3, -0.25) is 4.79 Å². The molecule has 94 valence electrons. The molecule has 0 aliphatic carbocycles. The average Bonchev–Trinajstić information content (AvgIpc) is 2.20. The fraction of sp³-hybridized carbons (Fsp3) is 0.533. The van der Waals surface area contributed by atoms with Crippen molar-refractivity contribution in [3.05, 3.63) is 34.9 Å². The molecule has 0 aliphatic heterocycles. The van der Waals surface area contributed by atoms with Crippen molar-refractivity contribution in [1.29, 1.82) is 0 Å². The minimum absolute atomic E-state index is 0.163. The third kappa shape index (κ3) is 4.95. The number of aryl methyl sites for hydroxylation is 2. The fourth-order valence-corrected chi connectivity index (χ4v) is 2.37. The van der Waals surface area contributed by atoms with Crippen molar-refractivity contribution in [2.75, 3.05) is 5.75 Å². The van der Waals surface area contributed by atoms with E-state index in [1.807, 2.05) is 6.07 Å². The van der Waals surface area contributed by atoms with E-state index in [4.69, 9.17) is 0 Å². The summed E-state index contributed by atoms with van der Waals surface area (Å²) in [6.45, 7) is 10.6. The van der Waals surface area contributed by atoms with Crippen LogP contribution in [0.3, 0.4) is 0 Å². The summed E-state index contributed by atoms with van der Waals surface area (Å²) >= 11 is 1.72. The Morgan fingerprint density at radius 1 is 1.18 bits per heavy atom. The second-order valence-corrected chi connectivity index (χ2v) is 7.29. The summed E-state index contributed by atoms with van der Waals surface area (Å²) in [7, 11) is 0. The molecular formula is C15H22OS. The maximum Gasteiger partial charge on any atom is 0.147 e. The first kappa shape index (κ1) is 14.3. The minimum atomic E-state index is 0.163. The standard InChI is InChI=1S/C15H22OS/c1-11-7-6-8-12(2)14(11)9-13(16)10-17-15(3,4)5/h6-8H,9-10H2,1-5H3. The number of hydrogen-bond donors (Lipinski definition) is 0. The third-order valence-corrected chi connectivity index (χ3v) is 4.02. The Kier molecular flexibility index (Phi) is 4.81. The smallest absolute Gasteiger partial charge is 0.147 e. The van der Waals surface area contributed by atoms with Crippen molar-refractivity contribution in [2.45, 2.75) is 45.8 Å². The van der Waals surface area contributed by atoms with Gasteiger partial charge in [-0.15, -0.1) is 11.8 Å². The topological polar surface area (TPSA) is 17.1 Å². The van der Waals surface area contributed by atoms with Crippen molar-refractivity contribution in [3.8, 4) is 0 Å². The number of benzene rings is 1. The lowest BCUT2D eigenvalue weighted by atomic mass is 9.99. The summed E-state index contributed by atoms with van der Waals surface area (Å²) in [5, 5.41) is 0. The highest BCUT2D eigenvalue weighted by atomic mass is 32.2. The molecule has 1 aromatic carbocycles. The molecule has 0 amide bonds. The first-order valence-electron chi connectivity index (χ1n) is 6.00. The molecule has 0 unspecified atom stereocenters. The summed E-state index contributed by atoms with van der Waals surface area (Å²) in [5.41, 5.74) is 3.64. The van der Waals surface area contributed by atoms with Crippen LogP contribution in [0.4, 0.5) is 0 Å². The van der Waals surface area contributed by atoms with E-state index in [0.29, 0.717) is 18.0 Å². The number of hydrogen-bond acceptors (Lipinski definition) is 2. The zero-order valence-corrected chi connectivity index (χ0v) is 12.3. The van der Waals surface area contributed by atoms with Gasteiger partial charge in [0.05, 0.1) is 5.75 Å². The van der Waals surface area contributed by atoms with Gasteiger partial charge in [0.2, 0.25) is 0 Å². The molecule has 2 heteroatoms. The van der Waals surface area contributed by atoms with Crippen LogP contribution in [-0.4, -0.2) is 16.3 Å². The molecule has 0 aliphatic rings. The molecule has 1 rings (SSSR count). The summed E-state index contributed by atoms with van der Waals surface area (Å²) < 4.78 is 0.163. The van der Waals surface area contributed by atoms with Gasteiger partial charge in [-0.2, -0.15) is 0 Å². The molecular weight excluding hydrogens is 228 g/mol. The second-order valence-electron chi connectivity index (χ2n) is 5.49. The lowest BCUT2D eigenvalue weighted by molar-refractivity contribution is -0.116. The highest BCUT2D eigenvalue weighted by Crippen LogP contribution is 2.24. The van der Waals surface area contributed by atoms with E-state index in [0.717, 1.165) is 0 Å². The Morgan fingerprint density at radius 2 is 1.71 bits per heavy atom. The molecule has 0 spiro atoms. The van der Waals surface area contributed by atoms with Crippen LogP contribution in [0.2, 0.25) is 0 Å². The van der Waals surface area contributed by atoms with Crippen LogP contribution >= 0.6 is 11.8 Å². The van der Waals surface area contributed by atoms with Gasteiger partial charge in [0.1, 0.15) is 5.78 Å². The quantitative estimate of drug-likeness (QED) is 0.805. The van der Waals surface area contributed by atoms with Crippen molar-refractivity contribution in [1.82, 2.24) is 0 Å². The molecule has 1 aromatic rings. The van der Waals surface area contributed by atoms with E-state index in [1.54, 1.807) is 11.8 Å². The number of Topliss-reactive ketones (excluding diaryl/α,β-unsaturated/α-hetero) is 1. The molecule has 0 saturated carbocycles. The van der Waals surface area contributed by atoms with E-state index >= 15 is 0 Å². The summed E-state index contributed by atoms with van der Waals surface area (Å²) in [6.07, 6.45) is 0.571. The molecule has 0 atom stereocenters. The molecule has 0 bridgehead atoms. The van der Waals surface area contributed by atoms with Crippen LogP contribution in [-0.2, 0) is 11.2 Å². The van der Waals surface area contributed by atoms with E-state index in [1.165, 1.54) is 16.7 Å². The molecule has 0 fully saturated rings. The monoisotopic (exact) mass is 250 g/mol. The van der Waals surface area contributed by atoms with Crippen LogP contribution in [0, 0.1) is 13.8 Å². The molecule has 1 nitrogen and oxygen atoms in total. The van der Waals surface area contributed by atoms with Gasteiger partial charge in [0, 0.05) is 11.2 Å². The molecule has 0 N–H and O–H groups in total. The zero-order valence-electron chi connectivity index (χ0n) is 11.5. The summed E-state index contributed by atoms with van der Waals surface area (Å²) in [6, 6.07) is 6.20. The highest BCUT2D eigenvalue weighted by Gasteiger charge is 2.14. The zero-order chi connectivity index (χ0) is 13.1. The van der Waals surface area contributed by atoms with Crippen molar-refractivity contribution in [3.63, 3.8) is 0 Å². The Balaban J connectivity index is 2.63. The molecule has 17 heavy (non-hydrogen) atoms. The van der Waals surface area contributed by atoms with Crippen molar-refractivity contribution < 1.29 is 4.79 Å². The lowest BCUT2D eigenvalue weighted by Crippen LogP contribution is -2.15. The van der Waals surface area contributed by atoms with Crippen LogP contribution in [0.1, 0.15) is 37.5 Å². The maximum absolute atomic E-state index is 11.9. The number of ketones is 1. The highest BCUT2D eigenvalue weighted by molar-refractivity contribution is 8.01. The predicted molar refractivity (Wildman–Crippen MR) is 76.8 cm³/mol. The van der Waals surface area contributed by atoms with Gasteiger partial charge < -0.3 is 0 Å². The average molecular weight is 250 g/mol. The van der Waals surface area contributed by atoms with E-state index in [2.05, 4.69) is 46.8 Å². The molecule has 0 heterocycles. The summed E-state index contributed by atoms with van der Waals surface area (Å²) in [4.78, 5) is 11.9. The fourth-order valence-electron chi connectivity index (χ4n) is 1.67. The van der Waals surface area contributed by atoms with E-state index in [-0.39, 0.29) is 4.75 Å². The van der Waals surface area contributed by atoms with Gasteiger partial charge in [-0.05, 0) is 30.5 Å². The van der Waals surface area contributed by atoms with Crippen molar-refractivity contribution in [2.24, 2.45) is 0 Å². The third-order valence-electron chi connectivity index (χ3n) is 2.68. The van der Waals surface area contributed by atoms with E-state index < -0.39 is 0 Å². The Bertz CT molecular complexity index is 382. The normalized spacial score (nSPS) is 11.6. The van der Waals surface area contributed by atoms with Gasteiger partial charge in [-0.25, -0.2) is 0 Å². The summed E-state index contributed by atoms with van der Waals surface area (Å²) in [5.74, 6) is 0.930. The number of carbonyl (C=O) groups excluding carboxylic acids is 1. The predicted octanol–water partition coefficient (Wildman–Crippen LogP) is 3.95. The van der Waals surface area contributed by atoms with Crippen LogP contribution in [0.25, 0.3) is 0 Å². The molecule has 0 radical (unpaired) electrons. The number of thioether (sulfide) groups is 1. The Labute approximate surface area is 109 Å². The van der Waals surface area contributed by atoms with Crippen LogP contribution in [0.5, 0.6) is 0 Å². The Morgan fingerprint density at radius 3 is 2.18 bits per heavy atom. The minimum Gasteiger partial charge on any atom is -0.298 e. The number of rotatable bonds is 4. The van der Waals surface area contributed by atoms with E-state index in [9.17, 15) is 4.79 Å².